The molecule has 3 N–H and O–H groups in total. The Balaban J connectivity index is 3.23. The van der Waals surface area contributed by atoms with E-state index in [9.17, 15) is 18.0 Å². The first-order chi connectivity index (χ1) is 6.86. The quantitative estimate of drug-likeness (QED) is 0.742. The van der Waals surface area contributed by atoms with Crippen LogP contribution in [0.3, 0.4) is 0 Å². The highest BCUT2D eigenvalue weighted by atomic mass is 19.4. The van der Waals surface area contributed by atoms with Crippen molar-refractivity contribution in [1.29, 1.82) is 0 Å². The summed E-state index contributed by atoms with van der Waals surface area (Å²) >= 11 is 0. The summed E-state index contributed by atoms with van der Waals surface area (Å²) in [6, 6.07) is 0.719. The van der Waals surface area contributed by atoms with Gasteiger partial charge in [0.05, 0.1) is 0 Å². The highest BCUT2D eigenvalue weighted by molar-refractivity contribution is 5.22. The summed E-state index contributed by atoms with van der Waals surface area (Å²) in [6.07, 6.45) is -4.27. The largest absolute Gasteiger partial charge is 0.421 e. The van der Waals surface area contributed by atoms with Gasteiger partial charge < -0.3 is 4.98 Å². The molecule has 0 aliphatic heterocycles. The molecule has 1 aromatic heterocycles. The highest BCUT2D eigenvalue weighted by Gasteiger charge is 2.34. The number of rotatable bonds is 2. The van der Waals surface area contributed by atoms with E-state index in [1.165, 1.54) is 6.92 Å². The summed E-state index contributed by atoms with van der Waals surface area (Å²) in [5.41, 5.74) is -2.29. The van der Waals surface area contributed by atoms with Crippen LogP contribution in [0.4, 0.5) is 13.2 Å². The van der Waals surface area contributed by atoms with Crippen molar-refractivity contribution in [2.45, 2.75) is 19.2 Å². The molecule has 0 aromatic carbocycles. The van der Waals surface area contributed by atoms with Crippen LogP contribution >= 0.6 is 0 Å². The van der Waals surface area contributed by atoms with E-state index < -0.39 is 23.4 Å². The minimum absolute atomic E-state index is 0.157. The zero-order valence-electron chi connectivity index (χ0n) is 7.76. The van der Waals surface area contributed by atoms with Gasteiger partial charge in [0, 0.05) is 6.20 Å². The van der Waals surface area contributed by atoms with Crippen molar-refractivity contribution in [2.75, 3.05) is 0 Å². The second-order valence-corrected chi connectivity index (χ2v) is 2.95. The molecule has 0 radical (unpaired) electrons. The predicted molar refractivity (Wildman–Crippen MR) is 45.8 cm³/mol. The minimum atomic E-state index is -4.68. The first-order valence-electron chi connectivity index (χ1n) is 4.01. The molecule has 0 aliphatic rings. The molecule has 1 rings (SSSR count). The van der Waals surface area contributed by atoms with Crippen LogP contribution in [0.2, 0.25) is 0 Å². The van der Waals surface area contributed by atoms with Gasteiger partial charge in [0.1, 0.15) is 11.7 Å². The smallest absolute Gasteiger partial charge is 0.328 e. The van der Waals surface area contributed by atoms with E-state index in [-0.39, 0.29) is 5.56 Å². The molecule has 84 valence electrons. The number of H-pyrrole nitrogens is 1. The first-order valence-corrected chi connectivity index (χ1v) is 4.01. The molecule has 15 heavy (non-hydrogen) atoms. The van der Waals surface area contributed by atoms with Gasteiger partial charge in [-0.05, 0) is 18.6 Å². The first kappa shape index (κ1) is 11.7. The van der Waals surface area contributed by atoms with Crippen molar-refractivity contribution in [3.63, 3.8) is 0 Å². The Hall–Kier alpha value is -1.34. The van der Waals surface area contributed by atoms with E-state index >= 15 is 0 Å². The number of nitrogens with two attached hydrogens (primary N) is 1. The lowest BCUT2D eigenvalue weighted by Gasteiger charge is -2.11. The molecule has 0 saturated carbocycles. The second-order valence-electron chi connectivity index (χ2n) is 2.95. The van der Waals surface area contributed by atoms with Gasteiger partial charge in [-0.3, -0.25) is 9.63 Å². The monoisotopic (exact) mass is 222 g/mol. The summed E-state index contributed by atoms with van der Waals surface area (Å²) in [5.74, 6) is 4.83. The zero-order valence-corrected chi connectivity index (χ0v) is 7.76. The fourth-order valence-corrected chi connectivity index (χ4v) is 1.02. The normalized spacial score (nSPS) is 13.9. The summed E-state index contributed by atoms with van der Waals surface area (Å²) in [6.45, 7) is 1.47. The molecule has 7 heteroatoms. The summed E-state index contributed by atoms with van der Waals surface area (Å²) in [4.78, 5) is 17.2. The number of hydrogen-bond donors (Lipinski definition) is 2. The third-order valence-corrected chi connectivity index (χ3v) is 1.90. The van der Waals surface area contributed by atoms with Gasteiger partial charge in [-0.2, -0.15) is 13.2 Å². The summed E-state index contributed by atoms with van der Waals surface area (Å²) in [7, 11) is 0. The molecular formula is C8H9F3N2O2. The molecule has 0 aliphatic carbocycles. The number of aromatic nitrogens is 1. The van der Waals surface area contributed by atoms with Gasteiger partial charge in [-0.1, -0.05) is 0 Å². The van der Waals surface area contributed by atoms with Gasteiger partial charge in [-0.25, -0.2) is 5.90 Å². The maximum absolute atomic E-state index is 12.3. The van der Waals surface area contributed by atoms with Crippen LogP contribution in [-0.4, -0.2) is 4.98 Å². The lowest BCUT2D eigenvalue weighted by Crippen LogP contribution is -2.22. The Morgan fingerprint density at radius 2 is 2.13 bits per heavy atom. The van der Waals surface area contributed by atoms with E-state index in [0.717, 1.165) is 12.3 Å². The Labute approximate surface area is 82.8 Å². The van der Waals surface area contributed by atoms with E-state index in [1.54, 1.807) is 0 Å². The zero-order chi connectivity index (χ0) is 11.6. The standard InChI is InChI=1S/C8H9F3N2O2/c1-4(15-12)5-2-6(8(9,10)11)7(14)13-3-5/h2-4H,12H2,1H3,(H,13,14)/t4-/m1/s1. The predicted octanol–water partition coefficient (Wildman–Crippen LogP) is 1.35. The highest BCUT2D eigenvalue weighted by Crippen LogP contribution is 2.27. The van der Waals surface area contributed by atoms with Crippen molar-refractivity contribution in [3.8, 4) is 0 Å². The summed E-state index contributed by atoms with van der Waals surface area (Å²) in [5, 5.41) is 0. The fourth-order valence-electron chi connectivity index (χ4n) is 1.02. The van der Waals surface area contributed by atoms with Crippen LogP contribution in [0.5, 0.6) is 0 Å². The molecule has 0 amide bonds. The molecule has 4 nitrogen and oxygen atoms in total. The molecular weight excluding hydrogens is 213 g/mol. The van der Waals surface area contributed by atoms with Crippen LogP contribution in [0, 0.1) is 0 Å². The van der Waals surface area contributed by atoms with Crippen LogP contribution in [-0.2, 0) is 11.0 Å². The van der Waals surface area contributed by atoms with Gasteiger partial charge in [-0.15, -0.1) is 0 Å². The van der Waals surface area contributed by atoms with E-state index in [0.29, 0.717) is 0 Å². The fraction of sp³-hybridized carbons (Fsp3) is 0.375. The Kier molecular flexibility index (Phi) is 3.15. The Morgan fingerprint density at radius 3 is 2.60 bits per heavy atom. The molecule has 1 heterocycles. The lowest BCUT2D eigenvalue weighted by atomic mass is 10.1. The molecule has 0 unspecified atom stereocenters. The molecule has 1 atom stereocenters. The van der Waals surface area contributed by atoms with Crippen molar-refractivity contribution < 1.29 is 18.0 Å². The number of hydrogen-bond acceptors (Lipinski definition) is 3. The number of halogens is 3. The third-order valence-electron chi connectivity index (χ3n) is 1.90. The van der Waals surface area contributed by atoms with Crippen LogP contribution in [0.15, 0.2) is 17.1 Å². The van der Waals surface area contributed by atoms with E-state index in [2.05, 4.69) is 4.84 Å². The van der Waals surface area contributed by atoms with E-state index in [1.807, 2.05) is 4.98 Å². The van der Waals surface area contributed by atoms with Crippen molar-refractivity contribution in [2.24, 2.45) is 5.90 Å². The molecule has 0 fully saturated rings. The second kappa shape index (κ2) is 4.03. The summed E-state index contributed by atoms with van der Waals surface area (Å²) < 4.78 is 36.9. The van der Waals surface area contributed by atoms with Crippen LogP contribution in [0.1, 0.15) is 24.2 Å². The molecule has 0 bridgehead atoms. The molecule has 0 saturated heterocycles. The third kappa shape index (κ3) is 2.57. The average Bonchev–Trinajstić information content (AvgIpc) is 2.15. The van der Waals surface area contributed by atoms with Gasteiger partial charge >= 0.3 is 6.18 Å². The van der Waals surface area contributed by atoms with Crippen LogP contribution in [0.25, 0.3) is 0 Å². The van der Waals surface area contributed by atoms with Crippen LogP contribution < -0.4 is 11.5 Å². The lowest BCUT2D eigenvalue weighted by molar-refractivity contribution is -0.138. The van der Waals surface area contributed by atoms with Gasteiger partial charge in [0.15, 0.2) is 0 Å². The SMILES string of the molecule is C[C@@H](ON)c1c[nH]c(=O)c(C(F)(F)F)c1. The number of pyridine rings is 1. The maximum atomic E-state index is 12.3. The number of nitrogens with one attached hydrogen (secondary N) is 1. The topological polar surface area (TPSA) is 68.1 Å². The van der Waals surface area contributed by atoms with Crippen molar-refractivity contribution in [1.82, 2.24) is 4.98 Å². The Morgan fingerprint density at radius 1 is 1.53 bits per heavy atom. The average molecular weight is 222 g/mol. The maximum Gasteiger partial charge on any atom is 0.421 e. The van der Waals surface area contributed by atoms with Crippen molar-refractivity contribution in [3.05, 3.63) is 33.7 Å². The number of alkyl halides is 3. The van der Waals surface area contributed by atoms with Gasteiger partial charge in [0.2, 0.25) is 0 Å². The number of aromatic amines is 1. The molecule has 0 spiro atoms. The van der Waals surface area contributed by atoms with E-state index in [4.69, 9.17) is 5.90 Å². The molecule has 1 aromatic rings. The minimum Gasteiger partial charge on any atom is -0.328 e. The van der Waals surface area contributed by atoms with Gasteiger partial charge in [0.25, 0.3) is 5.56 Å². The Bertz CT molecular complexity index is 400. The van der Waals surface area contributed by atoms with Crippen molar-refractivity contribution >= 4 is 0 Å².